The SMILES string of the molecule is Cc1ccc(NC(=O)CCN2CCCCC2)cc1.Cl. The van der Waals surface area contributed by atoms with Gasteiger partial charge in [0, 0.05) is 18.7 Å². The molecule has 0 spiro atoms. The first-order chi connectivity index (χ1) is 8.74. The van der Waals surface area contributed by atoms with Crippen LogP contribution in [0.1, 0.15) is 31.2 Å². The molecule has 0 atom stereocenters. The molecule has 1 fully saturated rings. The van der Waals surface area contributed by atoms with Crippen molar-refractivity contribution in [2.75, 3.05) is 25.0 Å². The van der Waals surface area contributed by atoms with Crippen molar-refractivity contribution in [2.24, 2.45) is 0 Å². The lowest BCUT2D eigenvalue weighted by atomic mass is 10.1. The second-order valence-corrected chi connectivity index (χ2v) is 5.07. The van der Waals surface area contributed by atoms with Crippen molar-refractivity contribution in [3.63, 3.8) is 0 Å². The van der Waals surface area contributed by atoms with Crippen molar-refractivity contribution < 1.29 is 4.79 Å². The average Bonchev–Trinajstić information content (AvgIpc) is 2.40. The van der Waals surface area contributed by atoms with Crippen LogP contribution in [0.2, 0.25) is 0 Å². The molecule has 1 aliphatic rings. The molecule has 19 heavy (non-hydrogen) atoms. The molecule has 4 heteroatoms. The molecule has 3 nitrogen and oxygen atoms in total. The smallest absolute Gasteiger partial charge is 0.225 e. The summed E-state index contributed by atoms with van der Waals surface area (Å²) in [4.78, 5) is 14.2. The van der Waals surface area contributed by atoms with Gasteiger partial charge < -0.3 is 10.2 Å². The van der Waals surface area contributed by atoms with Crippen LogP contribution in [0.5, 0.6) is 0 Å². The van der Waals surface area contributed by atoms with Crippen LogP contribution < -0.4 is 5.32 Å². The fourth-order valence-corrected chi connectivity index (χ4v) is 2.30. The minimum absolute atomic E-state index is 0. The predicted octanol–water partition coefficient (Wildman–Crippen LogP) is 3.23. The maximum absolute atomic E-state index is 11.8. The number of halogens is 1. The highest BCUT2D eigenvalue weighted by molar-refractivity contribution is 5.90. The molecule has 0 aromatic heterocycles. The highest BCUT2D eigenvalue weighted by Gasteiger charge is 2.11. The number of benzene rings is 1. The summed E-state index contributed by atoms with van der Waals surface area (Å²) in [6, 6.07) is 7.93. The molecular formula is C15H23ClN2O. The number of hydrogen-bond acceptors (Lipinski definition) is 2. The van der Waals surface area contributed by atoms with Crippen LogP contribution >= 0.6 is 12.4 Å². The number of anilines is 1. The van der Waals surface area contributed by atoms with Crippen LogP contribution in [-0.2, 0) is 4.79 Å². The molecule has 0 saturated carbocycles. The maximum atomic E-state index is 11.8. The Morgan fingerprint density at radius 3 is 2.42 bits per heavy atom. The molecular weight excluding hydrogens is 260 g/mol. The molecule has 1 saturated heterocycles. The molecule has 1 aliphatic heterocycles. The quantitative estimate of drug-likeness (QED) is 0.919. The molecule has 1 aromatic rings. The third-order valence-electron chi connectivity index (χ3n) is 3.44. The number of carbonyl (C=O) groups is 1. The van der Waals surface area contributed by atoms with Gasteiger partial charge in [-0.3, -0.25) is 4.79 Å². The molecule has 0 radical (unpaired) electrons. The van der Waals surface area contributed by atoms with E-state index in [0.29, 0.717) is 6.42 Å². The van der Waals surface area contributed by atoms with E-state index >= 15 is 0 Å². The summed E-state index contributed by atoms with van der Waals surface area (Å²) in [5.74, 6) is 0.115. The van der Waals surface area contributed by atoms with Crippen LogP contribution in [0, 0.1) is 6.92 Å². The number of carbonyl (C=O) groups excluding carboxylic acids is 1. The van der Waals surface area contributed by atoms with Gasteiger partial charge in [0.05, 0.1) is 0 Å². The summed E-state index contributed by atoms with van der Waals surface area (Å²) < 4.78 is 0. The number of amides is 1. The molecule has 1 aromatic carbocycles. The Kier molecular flexibility index (Phi) is 6.89. The first-order valence-corrected chi connectivity index (χ1v) is 6.83. The third kappa shape index (κ3) is 5.62. The van der Waals surface area contributed by atoms with Gasteiger partial charge in [0.25, 0.3) is 0 Å². The third-order valence-corrected chi connectivity index (χ3v) is 3.44. The fraction of sp³-hybridized carbons (Fsp3) is 0.533. The van der Waals surface area contributed by atoms with Crippen molar-refractivity contribution in [2.45, 2.75) is 32.6 Å². The topological polar surface area (TPSA) is 32.3 Å². The number of nitrogens with one attached hydrogen (secondary N) is 1. The minimum Gasteiger partial charge on any atom is -0.326 e. The number of piperidine rings is 1. The van der Waals surface area contributed by atoms with Gasteiger partial charge in [-0.25, -0.2) is 0 Å². The molecule has 0 unspecified atom stereocenters. The predicted molar refractivity (Wildman–Crippen MR) is 82.0 cm³/mol. The van der Waals surface area contributed by atoms with Crippen molar-refractivity contribution >= 4 is 24.0 Å². The van der Waals surface area contributed by atoms with Gasteiger partial charge >= 0.3 is 0 Å². The summed E-state index contributed by atoms with van der Waals surface area (Å²) >= 11 is 0. The summed E-state index contributed by atoms with van der Waals surface area (Å²) in [5.41, 5.74) is 2.10. The van der Waals surface area contributed by atoms with Gasteiger partial charge in [-0.05, 0) is 45.0 Å². The average molecular weight is 283 g/mol. The van der Waals surface area contributed by atoms with Crippen molar-refractivity contribution in [3.8, 4) is 0 Å². The number of aryl methyl sites for hydroxylation is 1. The Bertz CT molecular complexity index is 386. The maximum Gasteiger partial charge on any atom is 0.225 e. The molecule has 0 aliphatic carbocycles. The van der Waals surface area contributed by atoms with Crippen molar-refractivity contribution in [1.29, 1.82) is 0 Å². The Labute approximate surface area is 121 Å². The van der Waals surface area contributed by atoms with Crippen LogP contribution in [0.3, 0.4) is 0 Å². The zero-order chi connectivity index (χ0) is 12.8. The molecule has 2 rings (SSSR count). The van der Waals surface area contributed by atoms with Crippen molar-refractivity contribution in [3.05, 3.63) is 29.8 Å². The number of nitrogens with zero attached hydrogens (tertiary/aromatic N) is 1. The lowest BCUT2D eigenvalue weighted by Gasteiger charge is -2.25. The number of likely N-dealkylation sites (tertiary alicyclic amines) is 1. The molecule has 0 bridgehead atoms. The fourth-order valence-electron chi connectivity index (χ4n) is 2.30. The Balaban J connectivity index is 0.00000180. The lowest BCUT2D eigenvalue weighted by Crippen LogP contribution is -2.32. The normalized spacial score (nSPS) is 15.6. The van der Waals surface area contributed by atoms with Gasteiger partial charge in [-0.1, -0.05) is 24.1 Å². The van der Waals surface area contributed by atoms with Crippen LogP contribution in [0.4, 0.5) is 5.69 Å². The Morgan fingerprint density at radius 1 is 1.16 bits per heavy atom. The number of hydrogen-bond donors (Lipinski definition) is 1. The summed E-state index contributed by atoms with van der Waals surface area (Å²) in [7, 11) is 0. The van der Waals surface area contributed by atoms with E-state index in [0.717, 1.165) is 25.3 Å². The first kappa shape index (κ1) is 16.0. The van der Waals surface area contributed by atoms with E-state index in [1.54, 1.807) is 0 Å². The summed E-state index contributed by atoms with van der Waals surface area (Å²) in [5, 5.41) is 2.94. The standard InChI is InChI=1S/C15H22N2O.ClH/c1-13-5-7-14(8-6-13)16-15(18)9-12-17-10-3-2-4-11-17;/h5-8H,2-4,9-12H2,1H3,(H,16,18);1H. The second kappa shape index (κ2) is 8.18. The monoisotopic (exact) mass is 282 g/mol. The van der Waals surface area contributed by atoms with E-state index < -0.39 is 0 Å². The molecule has 1 amide bonds. The lowest BCUT2D eigenvalue weighted by molar-refractivity contribution is -0.116. The minimum atomic E-state index is 0. The highest BCUT2D eigenvalue weighted by Crippen LogP contribution is 2.11. The van der Waals surface area contributed by atoms with Crippen LogP contribution in [0.25, 0.3) is 0 Å². The number of rotatable bonds is 4. The Hall–Kier alpha value is -1.06. The van der Waals surface area contributed by atoms with Crippen LogP contribution in [-0.4, -0.2) is 30.4 Å². The van der Waals surface area contributed by atoms with E-state index in [1.807, 2.05) is 31.2 Å². The molecule has 1 N–H and O–H groups in total. The summed E-state index contributed by atoms with van der Waals surface area (Å²) in [6.07, 6.45) is 4.49. The second-order valence-electron chi connectivity index (χ2n) is 5.07. The highest BCUT2D eigenvalue weighted by atomic mass is 35.5. The van der Waals surface area contributed by atoms with E-state index in [2.05, 4.69) is 10.2 Å². The van der Waals surface area contributed by atoms with E-state index in [1.165, 1.54) is 24.8 Å². The van der Waals surface area contributed by atoms with Gasteiger partial charge in [0.15, 0.2) is 0 Å². The Morgan fingerprint density at radius 2 is 1.79 bits per heavy atom. The van der Waals surface area contributed by atoms with Crippen LogP contribution in [0.15, 0.2) is 24.3 Å². The van der Waals surface area contributed by atoms with E-state index in [4.69, 9.17) is 0 Å². The summed E-state index contributed by atoms with van der Waals surface area (Å²) in [6.45, 7) is 5.23. The first-order valence-electron chi connectivity index (χ1n) is 6.83. The molecule has 106 valence electrons. The zero-order valence-electron chi connectivity index (χ0n) is 11.5. The van der Waals surface area contributed by atoms with Gasteiger partial charge in [-0.2, -0.15) is 0 Å². The molecule has 1 heterocycles. The van der Waals surface area contributed by atoms with Gasteiger partial charge in [0.2, 0.25) is 5.91 Å². The largest absolute Gasteiger partial charge is 0.326 e. The van der Waals surface area contributed by atoms with E-state index in [-0.39, 0.29) is 18.3 Å². The zero-order valence-corrected chi connectivity index (χ0v) is 12.3. The van der Waals surface area contributed by atoms with E-state index in [9.17, 15) is 4.79 Å². The van der Waals surface area contributed by atoms with Crippen molar-refractivity contribution in [1.82, 2.24) is 4.90 Å². The van der Waals surface area contributed by atoms with Gasteiger partial charge in [0.1, 0.15) is 0 Å². The van der Waals surface area contributed by atoms with Gasteiger partial charge in [-0.15, -0.1) is 12.4 Å².